The Kier molecular flexibility index (Phi) is 4.78. The number of rotatable bonds is 5. The first-order valence-corrected chi connectivity index (χ1v) is 5.85. The van der Waals surface area contributed by atoms with Crippen molar-refractivity contribution in [3.05, 3.63) is 23.8 Å². The largest absolute Gasteiger partial charge is 0.507 e. The third kappa shape index (κ3) is 3.61. The van der Waals surface area contributed by atoms with Crippen molar-refractivity contribution in [2.75, 3.05) is 6.54 Å². The Balaban J connectivity index is 2.67. The van der Waals surface area contributed by atoms with Crippen LogP contribution in [0.4, 0.5) is 0 Å². The number of phenolic OH excluding ortho intramolecular Hbond substituents is 2. The van der Waals surface area contributed by atoms with Gasteiger partial charge in [-0.1, -0.05) is 19.9 Å². The van der Waals surface area contributed by atoms with Crippen LogP contribution < -0.4 is 5.32 Å². The zero-order chi connectivity index (χ0) is 13.0. The maximum atomic E-state index is 9.67. The summed E-state index contributed by atoms with van der Waals surface area (Å²) in [6.07, 6.45) is -0.439. The summed E-state index contributed by atoms with van der Waals surface area (Å²) in [5.74, 6) is 0.292. The van der Waals surface area contributed by atoms with E-state index < -0.39 is 6.10 Å². The molecule has 0 saturated carbocycles. The first-order valence-electron chi connectivity index (χ1n) is 5.85. The third-order valence-corrected chi connectivity index (χ3v) is 2.90. The van der Waals surface area contributed by atoms with E-state index in [4.69, 9.17) is 0 Å². The Labute approximate surface area is 102 Å². The molecule has 2 unspecified atom stereocenters. The molecule has 1 rings (SSSR count). The number of aromatic hydroxyl groups is 2. The van der Waals surface area contributed by atoms with Crippen molar-refractivity contribution in [3.8, 4) is 11.5 Å². The van der Waals surface area contributed by atoms with E-state index in [1.165, 1.54) is 12.1 Å². The van der Waals surface area contributed by atoms with E-state index in [-0.39, 0.29) is 23.5 Å². The molecule has 4 N–H and O–H groups in total. The van der Waals surface area contributed by atoms with Gasteiger partial charge in [-0.25, -0.2) is 0 Å². The van der Waals surface area contributed by atoms with Crippen LogP contribution in [-0.2, 0) is 0 Å². The second-order valence-corrected chi connectivity index (χ2v) is 4.65. The molecule has 0 fully saturated rings. The normalized spacial score (nSPS) is 14.9. The third-order valence-electron chi connectivity index (χ3n) is 2.90. The molecule has 0 spiro atoms. The van der Waals surface area contributed by atoms with Gasteiger partial charge in [-0.15, -0.1) is 0 Å². The van der Waals surface area contributed by atoms with Crippen LogP contribution in [0.5, 0.6) is 11.5 Å². The molecule has 96 valence electrons. The van der Waals surface area contributed by atoms with E-state index in [2.05, 4.69) is 5.32 Å². The quantitative estimate of drug-likeness (QED) is 0.632. The maximum absolute atomic E-state index is 9.67. The van der Waals surface area contributed by atoms with E-state index in [0.29, 0.717) is 12.1 Å². The van der Waals surface area contributed by atoms with Crippen LogP contribution in [0.1, 0.15) is 32.4 Å². The molecule has 4 heteroatoms. The summed E-state index contributed by atoms with van der Waals surface area (Å²) in [6.45, 7) is 6.14. The van der Waals surface area contributed by atoms with Gasteiger partial charge in [0.2, 0.25) is 0 Å². The summed E-state index contributed by atoms with van der Waals surface area (Å²) in [5.41, 5.74) is 0.462. The van der Waals surface area contributed by atoms with Crippen molar-refractivity contribution in [2.45, 2.75) is 32.9 Å². The average Bonchev–Trinajstić information content (AvgIpc) is 2.25. The molecule has 0 radical (unpaired) electrons. The minimum Gasteiger partial charge on any atom is -0.507 e. The van der Waals surface area contributed by atoms with Crippen molar-refractivity contribution < 1.29 is 15.3 Å². The molecular formula is C13H21NO3. The Bertz CT molecular complexity index is 345. The highest BCUT2D eigenvalue weighted by Crippen LogP contribution is 2.32. The van der Waals surface area contributed by atoms with Gasteiger partial charge in [0.25, 0.3) is 0 Å². The van der Waals surface area contributed by atoms with Crippen molar-refractivity contribution in [2.24, 2.45) is 5.92 Å². The lowest BCUT2D eigenvalue weighted by atomic mass is 10.0. The molecule has 0 bridgehead atoms. The Morgan fingerprint density at radius 1 is 1.12 bits per heavy atom. The highest BCUT2D eigenvalue weighted by Gasteiger charge is 2.16. The fraction of sp³-hybridized carbons (Fsp3) is 0.538. The zero-order valence-electron chi connectivity index (χ0n) is 10.5. The minimum atomic E-state index is -0.439. The van der Waals surface area contributed by atoms with E-state index in [9.17, 15) is 15.3 Å². The summed E-state index contributed by atoms with van der Waals surface area (Å²) >= 11 is 0. The van der Waals surface area contributed by atoms with E-state index >= 15 is 0 Å². The van der Waals surface area contributed by atoms with Gasteiger partial charge in [0.05, 0.1) is 11.7 Å². The Hall–Kier alpha value is -1.26. The van der Waals surface area contributed by atoms with Crippen LogP contribution in [0.2, 0.25) is 0 Å². The van der Waals surface area contributed by atoms with Gasteiger partial charge in [0.15, 0.2) is 0 Å². The maximum Gasteiger partial charge on any atom is 0.124 e. The van der Waals surface area contributed by atoms with Crippen LogP contribution >= 0.6 is 0 Å². The number of aliphatic hydroxyl groups is 1. The summed E-state index contributed by atoms with van der Waals surface area (Å²) in [5, 5.41) is 32.1. The lowest BCUT2D eigenvalue weighted by molar-refractivity contribution is 0.120. The summed E-state index contributed by atoms with van der Waals surface area (Å²) in [6, 6.07) is 4.44. The molecule has 1 aromatic rings. The van der Waals surface area contributed by atoms with Gasteiger partial charge in [-0.2, -0.15) is 0 Å². The smallest absolute Gasteiger partial charge is 0.124 e. The van der Waals surface area contributed by atoms with Gasteiger partial charge >= 0.3 is 0 Å². The lowest BCUT2D eigenvalue weighted by Gasteiger charge is -2.20. The van der Waals surface area contributed by atoms with Gasteiger partial charge in [0, 0.05) is 12.6 Å². The molecule has 17 heavy (non-hydrogen) atoms. The minimum absolute atomic E-state index is 0.0593. The fourth-order valence-electron chi connectivity index (χ4n) is 1.62. The van der Waals surface area contributed by atoms with Crippen LogP contribution in [0.25, 0.3) is 0 Å². The number of phenols is 2. The Morgan fingerprint density at radius 3 is 2.12 bits per heavy atom. The summed E-state index contributed by atoms with van der Waals surface area (Å²) in [7, 11) is 0. The molecule has 4 nitrogen and oxygen atoms in total. The van der Waals surface area contributed by atoms with Crippen molar-refractivity contribution in [1.82, 2.24) is 5.32 Å². The highest BCUT2D eigenvalue weighted by molar-refractivity contribution is 5.44. The molecule has 0 heterocycles. The molecule has 0 aromatic heterocycles. The molecule has 0 saturated heterocycles. The van der Waals surface area contributed by atoms with Gasteiger partial charge in [-0.3, -0.25) is 0 Å². The van der Waals surface area contributed by atoms with Crippen LogP contribution in [0.3, 0.4) is 0 Å². The lowest BCUT2D eigenvalue weighted by Crippen LogP contribution is -2.32. The molecule has 0 aliphatic heterocycles. The Morgan fingerprint density at radius 2 is 1.65 bits per heavy atom. The second kappa shape index (κ2) is 5.89. The number of nitrogens with one attached hydrogen (secondary N) is 1. The van der Waals surface area contributed by atoms with Crippen LogP contribution in [0.15, 0.2) is 18.2 Å². The predicted octanol–water partition coefficient (Wildman–Crippen LogP) is 1.77. The summed E-state index contributed by atoms with van der Waals surface area (Å²) < 4.78 is 0. The van der Waals surface area contributed by atoms with Crippen LogP contribution in [0, 0.1) is 5.92 Å². The van der Waals surface area contributed by atoms with Crippen molar-refractivity contribution >= 4 is 0 Å². The van der Waals surface area contributed by atoms with Gasteiger partial charge in [-0.05, 0) is 25.0 Å². The molecule has 0 aliphatic carbocycles. The SMILES string of the molecule is CC(NCC(O)C(C)C)c1c(O)cccc1O. The number of hydrogen-bond donors (Lipinski definition) is 4. The molecule has 0 amide bonds. The van der Waals surface area contributed by atoms with Gasteiger partial charge < -0.3 is 20.6 Å². The topological polar surface area (TPSA) is 72.7 Å². The standard InChI is InChI=1S/C13H21NO3/c1-8(2)12(17)7-14-9(3)13-10(15)5-4-6-11(13)16/h4-6,8-9,12,14-17H,7H2,1-3H3. The highest BCUT2D eigenvalue weighted by atomic mass is 16.3. The molecule has 2 atom stereocenters. The molecule has 0 aliphatic rings. The van der Waals surface area contributed by atoms with E-state index in [1.807, 2.05) is 20.8 Å². The average molecular weight is 239 g/mol. The second-order valence-electron chi connectivity index (χ2n) is 4.65. The summed E-state index contributed by atoms with van der Waals surface area (Å²) in [4.78, 5) is 0. The first-order chi connectivity index (χ1) is 7.93. The van der Waals surface area contributed by atoms with E-state index in [1.54, 1.807) is 6.07 Å². The van der Waals surface area contributed by atoms with E-state index in [0.717, 1.165) is 0 Å². The fourth-order valence-corrected chi connectivity index (χ4v) is 1.62. The van der Waals surface area contributed by atoms with Crippen molar-refractivity contribution in [1.29, 1.82) is 0 Å². The number of aliphatic hydroxyl groups excluding tert-OH is 1. The van der Waals surface area contributed by atoms with Gasteiger partial charge in [0.1, 0.15) is 11.5 Å². The molecular weight excluding hydrogens is 218 g/mol. The number of benzene rings is 1. The first kappa shape index (κ1) is 13.8. The number of hydrogen-bond acceptors (Lipinski definition) is 4. The monoisotopic (exact) mass is 239 g/mol. The van der Waals surface area contributed by atoms with Crippen molar-refractivity contribution in [3.63, 3.8) is 0 Å². The van der Waals surface area contributed by atoms with Crippen LogP contribution in [-0.4, -0.2) is 28.0 Å². The zero-order valence-corrected chi connectivity index (χ0v) is 10.5. The predicted molar refractivity (Wildman–Crippen MR) is 67.0 cm³/mol. The molecule has 1 aromatic carbocycles.